The molecule has 13 heavy (non-hydrogen) atoms. The van der Waals surface area contributed by atoms with Crippen LogP contribution in [0.25, 0.3) is 0 Å². The molecule has 4 nitrogen and oxygen atoms in total. The van der Waals surface area contributed by atoms with Gasteiger partial charge in [-0.2, -0.15) is 0 Å². The summed E-state index contributed by atoms with van der Waals surface area (Å²) in [7, 11) is 0. The van der Waals surface area contributed by atoms with Gasteiger partial charge in [-0.1, -0.05) is 12.1 Å². The lowest BCUT2D eigenvalue weighted by molar-refractivity contribution is -0.137. The Hall–Kier alpha value is -1.55. The van der Waals surface area contributed by atoms with Gasteiger partial charge in [0.05, 0.1) is 12.5 Å². The minimum absolute atomic E-state index is 0.0764. The lowest BCUT2D eigenvalue weighted by Crippen LogP contribution is -2.41. The first-order chi connectivity index (χ1) is 6.29. The molecule has 1 fully saturated rings. The van der Waals surface area contributed by atoms with E-state index < -0.39 is 0 Å². The summed E-state index contributed by atoms with van der Waals surface area (Å²) in [5, 5.41) is 11.1. The minimum Gasteiger partial charge on any atom is -0.349 e. The maximum atomic E-state index is 10.6. The van der Waals surface area contributed by atoms with Crippen molar-refractivity contribution in [2.24, 2.45) is 0 Å². The largest absolute Gasteiger partial charge is 0.349 e. The quantitative estimate of drug-likeness (QED) is 0.406. The van der Waals surface area contributed by atoms with Crippen LogP contribution in [0.5, 0.6) is 5.75 Å². The molecule has 1 aromatic carbocycles. The van der Waals surface area contributed by atoms with E-state index in [0.29, 0.717) is 12.2 Å². The normalized spacial score (nSPS) is 20.4. The molecule has 1 heterocycles. The third kappa shape index (κ3) is 1.48. The molecule has 1 aliphatic heterocycles. The Morgan fingerprint density at radius 1 is 1.38 bits per heavy atom. The number of carbonyl (C=O) groups is 1. The van der Waals surface area contributed by atoms with E-state index in [1.165, 1.54) is 0 Å². The first-order valence-corrected chi connectivity index (χ1v) is 4.00. The van der Waals surface area contributed by atoms with Gasteiger partial charge in [0.2, 0.25) is 5.91 Å². The Bertz CT molecular complexity index is 312. The first-order valence-electron chi connectivity index (χ1n) is 4.00. The average Bonchev–Trinajstić information content (AvgIpc) is 2.13. The van der Waals surface area contributed by atoms with Crippen LogP contribution < -0.4 is 10.2 Å². The second-order valence-corrected chi connectivity index (χ2v) is 2.98. The van der Waals surface area contributed by atoms with Crippen molar-refractivity contribution in [1.82, 2.24) is 5.32 Å². The van der Waals surface area contributed by atoms with Crippen LogP contribution in [-0.2, 0) is 4.79 Å². The molecule has 2 N–H and O–H groups in total. The molecule has 2 rings (SSSR count). The monoisotopic (exact) mass is 179 g/mol. The van der Waals surface area contributed by atoms with E-state index in [0.717, 1.165) is 5.56 Å². The highest BCUT2D eigenvalue weighted by molar-refractivity contribution is 5.83. The van der Waals surface area contributed by atoms with Gasteiger partial charge in [0.25, 0.3) is 0 Å². The third-order valence-electron chi connectivity index (χ3n) is 2.11. The van der Waals surface area contributed by atoms with Gasteiger partial charge in [0, 0.05) is 0 Å². The summed E-state index contributed by atoms with van der Waals surface area (Å²) in [6.07, 6.45) is 0.541. The molecule has 1 aliphatic rings. The molecule has 0 aliphatic carbocycles. The maximum Gasteiger partial charge on any atom is 0.222 e. The zero-order valence-corrected chi connectivity index (χ0v) is 6.86. The number of nitrogens with one attached hydrogen (secondary N) is 1. The lowest BCUT2D eigenvalue weighted by Gasteiger charge is -2.27. The van der Waals surface area contributed by atoms with Crippen molar-refractivity contribution in [2.45, 2.75) is 12.5 Å². The summed E-state index contributed by atoms with van der Waals surface area (Å²) in [4.78, 5) is 14.7. The predicted octanol–water partition coefficient (Wildman–Crippen LogP) is 1.10. The van der Waals surface area contributed by atoms with Crippen molar-refractivity contribution in [3.8, 4) is 5.75 Å². The number of amides is 1. The first kappa shape index (κ1) is 8.07. The van der Waals surface area contributed by atoms with Gasteiger partial charge in [-0.25, -0.2) is 5.26 Å². The molecule has 1 aromatic rings. The molecule has 1 amide bonds. The maximum absolute atomic E-state index is 10.6. The SMILES string of the molecule is O=C1C[C@@H](c2ccc(OO)cc2)N1. The van der Waals surface area contributed by atoms with E-state index in [4.69, 9.17) is 5.26 Å². The topological polar surface area (TPSA) is 58.6 Å². The predicted molar refractivity (Wildman–Crippen MR) is 45.2 cm³/mol. The number of hydrogen-bond acceptors (Lipinski definition) is 3. The standard InChI is InChI=1S/C9H9NO3/c11-9-5-8(10-9)6-1-3-7(13-12)4-2-6/h1-4,8,12H,5H2,(H,10,11)/t8-/m0/s1. The second-order valence-electron chi connectivity index (χ2n) is 2.98. The van der Waals surface area contributed by atoms with Crippen LogP contribution in [0.1, 0.15) is 18.0 Å². The Labute approximate surface area is 75.1 Å². The summed E-state index contributed by atoms with van der Waals surface area (Å²) in [6, 6.07) is 7.06. The Balaban J connectivity index is 2.10. The number of benzene rings is 1. The highest BCUT2D eigenvalue weighted by Crippen LogP contribution is 2.25. The van der Waals surface area contributed by atoms with Gasteiger partial charge in [0.1, 0.15) is 0 Å². The van der Waals surface area contributed by atoms with Crippen molar-refractivity contribution < 1.29 is 14.9 Å². The Kier molecular flexibility index (Phi) is 1.90. The van der Waals surface area contributed by atoms with E-state index in [1.54, 1.807) is 12.1 Å². The van der Waals surface area contributed by atoms with E-state index in [2.05, 4.69) is 10.2 Å². The van der Waals surface area contributed by atoms with Gasteiger partial charge in [-0.15, -0.1) is 0 Å². The minimum atomic E-state index is 0.0764. The molecular formula is C9H9NO3. The van der Waals surface area contributed by atoms with Crippen LogP contribution >= 0.6 is 0 Å². The van der Waals surface area contributed by atoms with Crippen molar-refractivity contribution in [1.29, 1.82) is 0 Å². The molecule has 0 bridgehead atoms. The molecule has 0 saturated carbocycles. The zero-order chi connectivity index (χ0) is 9.26. The number of carbonyl (C=O) groups excluding carboxylic acids is 1. The van der Waals surface area contributed by atoms with Crippen LogP contribution in [0.4, 0.5) is 0 Å². The molecule has 68 valence electrons. The highest BCUT2D eigenvalue weighted by atomic mass is 17.1. The van der Waals surface area contributed by atoms with Crippen LogP contribution in [0.3, 0.4) is 0 Å². The molecule has 1 saturated heterocycles. The molecule has 0 unspecified atom stereocenters. The number of rotatable bonds is 2. The number of hydrogen-bond donors (Lipinski definition) is 2. The van der Waals surface area contributed by atoms with E-state index in [1.807, 2.05) is 12.1 Å². The molecule has 4 heteroatoms. The van der Waals surface area contributed by atoms with E-state index in [9.17, 15) is 4.79 Å². The Morgan fingerprint density at radius 3 is 2.46 bits per heavy atom. The molecule has 0 aromatic heterocycles. The summed E-state index contributed by atoms with van der Waals surface area (Å²) >= 11 is 0. The zero-order valence-electron chi connectivity index (χ0n) is 6.86. The van der Waals surface area contributed by atoms with Crippen LogP contribution in [0.15, 0.2) is 24.3 Å². The summed E-state index contributed by atoms with van der Waals surface area (Å²) in [6.45, 7) is 0. The molecule has 1 atom stereocenters. The molecular weight excluding hydrogens is 170 g/mol. The molecule has 0 radical (unpaired) electrons. The Morgan fingerprint density at radius 2 is 2.00 bits per heavy atom. The average molecular weight is 179 g/mol. The van der Waals surface area contributed by atoms with Gasteiger partial charge in [-0.3, -0.25) is 4.79 Å². The van der Waals surface area contributed by atoms with Crippen LogP contribution in [-0.4, -0.2) is 11.2 Å². The van der Waals surface area contributed by atoms with E-state index in [-0.39, 0.29) is 11.9 Å². The molecule has 0 spiro atoms. The van der Waals surface area contributed by atoms with Crippen molar-refractivity contribution in [2.75, 3.05) is 0 Å². The van der Waals surface area contributed by atoms with Gasteiger partial charge >= 0.3 is 0 Å². The summed E-state index contributed by atoms with van der Waals surface area (Å²) < 4.78 is 0. The fourth-order valence-electron chi connectivity index (χ4n) is 1.32. The van der Waals surface area contributed by atoms with Crippen molar-refractivity contribution >= 4 is 5.91 Å². The summed E-state index contributed by atoms with van der Waals surface area (Å²) in [5.74, 6) is 0.474. The lowest BCUT2D eigenvalue weighted by atomic mass is 9.97. The fraction of sp³-hybridized carbons (Fsp3) is 0.222. The van der Waals surface area contributed by atoms with Crippen LogP contribution in [0, 0.1) is 0 Å². The van der Waals surface area contributed by atoms with Gasteiger partial charge in [0.15, 0.2) is 5.75 Å². The highest BCUT2D eigenvalue weighted by Gasteiger charge is 2.26. The fourth-order valence-corrected chi connectivity index (χ4v) is 1.32. The van der Waals surface area contributed by atoms with Gasteiger partial charge < -0.3 is 10.2 Å². The van der Waals surface area contributed by atoms with Gasteiger partial charge in [-0.05, 0) is 17.7 Å². The second kappa shape index (κ2) is 3.06. The van der Waals surface area contributed by atoms with Crippen molar-refractivity contribution in [3.05, 3.63) is 29.8 Å². The number of β-lactam (4-membered cyclic amide) rings is 1. The summed E-state index contributed by atoms with van der Waals surface area (Å²) in [5.41, 5.74) is 1.03. The third-order valence-corrected chi connectivity index (χ3v) is 2.11. The van der Waals surface area contributed by atoms with Crippen molar-refractivity contribution in [3.63, 3.8) is 0 Å². The van der Waals surface area contributed by atoms with E-state index >= 15 is 0 Å². The van der Waals surface area contributed by atoms with Crippen LogP contribution in [0.2, 0.25) is 0 Å². The smallest absolute Gasteiger partial charge is 0.222 e.